The van der Waals surface area contributed by atoms with Gasteiger partial charge in [0, 0.05) is 24.4 Å². The van der Waals surface area contributed by atoms with E-state index in [1.807, 2.05) is 36.4 Å². The van der Waals surface area contributed by atoms with Crippen LogP contribution >= 0.6 is 0 Å². The number of carboxylic acids is 1. The van der Waals surface area contributed by atoms with Crippen LogP contribution in [0.2, 0.25) is 0 Å². The largest absolute Gasteiger partial charge is 0.494 e. The fourth-order valence-electron chi connectivity index (χ4n) is 6.22. The molecule has 1 aromatic carbocycles. The van der Waals surface area contributed by atoms with Gasteiger partial charge in [-0.1, -0.05) is 38.3 Å². The van der Waals surface area contributed by atoms with Gasteiger partial charge in [-0.05, 0) is 82.4 Å². The van der Waals surface area contributed by atoms with Crippen LogP contribution in [-0.4, -0.2) is 90.5 Å². The number of alkyl carbamates (subject to hydrolysis) is 1. The predicted molar refractivity (Wildman–Crippen MR) is 175 cm³/mol. The molecule has 5 atom stereocenters. The van der Waals surface area contributed by atoms with Gasteiger partial charge < -0.3 is 30.1 Å². The highest BCUT2D eigenvalue weighted by Crippen LogP contribution is 2.45. The van der Waals surface area contributed by atoms with Gasteiger partial charge in [-0.3, -0.25) is 9.59 Å². The van der Waals surface area contributed by atoms with E-state index in [9.17, 15) is 24.3 Å². The zero-order valence-electron chi connectivity index (χ0n) is 28.2. The Morgan fingerprint density at radius 3 is 2.62 bits per heavy atom. The van der Waals surface area contributed by atoms with Crippen molar-refractivity contribution in [3.63, 3.8) is 0 Å². The third-order valence-electron chi connectivity index (χ3n) is 8.96. The Morgan fingerprint density at radius 1 is 1.15 bits per heavy atom. The summed E-state index contributed by atoms with van der Waals surface area (Å²) in [6.45, 7) is 8.01. The molecule has 1 aromatic heterocycles. The number of nitrogens with one attached hydrogen (secondary N) is 2. The van der Waals surface area contributed by atoms with Crippen molar-refractivity contribution in [3.8, 4) is 17.1 Å². The molecule has 0 radical (unpaired) electrons. The first-order valence-electron chi connectivity index (χ1n) is 16.9. The Hall–Kier alpha value is -4.49. The minimum atomic E-state index is -1.43. The topological polar surface area (TPSA) is 178 Å². The zero-order chi connectivity index (χ0) is 34.5. The Kier molecular flexibility index (Phi) is 10.7. The molecule has 0 spiro atoms. The molecule has 2 fully saturated rings. The van der Waals surface area contributed by atoms with Gasteiger partial charge in [-0.2, -0.15) is 4.80 Å². The first-order valence-corrected chi connectivity index (χ1v) is 16.9. The molecule has 1 saturated carbocycles. The highest BCUT2D eigenvalue weighted by atomic mass is 16.6. The maximum Gasteiger partial charge on any atom is 0.408 e. The number of hydrogen-bond acceptors (Lipinski definition) is 9. The maximum atomic E-state index is 14.2. The third kappa shape index (κ3) is 8.32. The van der Waals surface area contributed by atoms with Crippen molar-refractivity contribution in [2.24, 2.45) is 5.92 Å². The van der Waals surface area contributed by atoms with Gasteiger partial charge in [0.15, 0.2) is 0 Å². The average Bonchev–Trinajstić information content (AvgIpc) is 3.34. The van der Waals surface area contributed by atoms with E-state index in [2.05, 4.69) is 33.0 Å². The lowest BCUT2D eigenvalue weighted by Crippen LogP contribution is -2.56. The molecule has 1 aliphatic carbocycles. The number of aromatic nitrogens is 4. The summed E-state index contributed by atoms with van der Waals surface area (Å²) in [6, 6.07) is 4.88. The van der Waals surface area contributed by atoms with Gasteiger partial charge in [-0.25, -0.2) is 9.59 Å². The summed E-state index contributed by atoms with van der Waals surface area (Å²) in [5, 5.41) is 28.7. The van der Waals surface area contributed by atoms with Crippen LogP contribution in [0.4, 0.5) is 4.79 Å². The number of tetrazole rings is 1. The van der Waals surface area contributed by atoms with Gasteiger partial charge in [0.2, 0.25) is 17.6 Å². The number of carbonyl (C=O) groups is 4. The lowest BCUT2D eigenvalue weighted by molar-refractivity contribution is -0.145. The number of benzene rings is 1. The van der Waals surface area contributed by atoms with Crippen LogP contribution in [-0.2, 0) is 19.1 Å². The highest BCUT2D eigenvalue weighted by Gasteiger charge is 2.61. The summed E-state index contributed by atoms with van der Waals surface area (Å²) in [7, 11) is 0. The van der Waals surface area contributed by atoms with E-state index in [4.69, 9.17) is 9.47 Å². The fraction of sp³-hybridized carbons (Fsp3) is 0.618. The molecule has 0 unspecified atom stereocenters. The number of rotatable bonds is 8. The number of amides is 3. The van der Waals surface area contributed by atoms with Crippen LogP contribution in [0.15, 0.2) is 36.4 Å². The first-order chi connectivity index (χ1) is 22.9. The minimum absolute atomic E-state index is 0.0623. The third-order valence-corrected chi connectivity index (χ3v) is 8.96. The van der Waals surface area contributed by atoms with Crippen LogP contribution in [0, 0.1) is 5.92 Å². The monoisotopic (exact) mass is 665 g/mol. The van der Waals surface area contributed by atoms with Crippen molar-refractivity contribution in [2.75, 3.05) is 13.2 Å². The van der Waals surface area contributed by atoms with Crippen LogP contribution < -0.4 is 15.4 Å². The number of fused-ring (bicyclic) bond motifs is 2. The molecule has 14 heteroatoms. The number of aliphatic carboxylic acids is 1. The number of hydrogen-bond donors (Lipinski definition) is 3. The van der Waals surface area contributed by atoms with E-state index < -0.39 is 53.1 Å². The van der Waals surface area contributed by atoms with E-state index in [0.29, 0.717) is 25.3 Å². The molecular formula is C34H47N7O7. The summed E-state index contributed by atoms with van der Waals surface area (Å²) in [5.74, 6) is -1.36. The molecule has 3 aliphatic rings. The second kappa shape index (κ2) is 14.7. The van der Waals surface area contributed by atoms with E-state index in [-0.39, 0.29) is 25.3 Å². The molecule has 48 heavy (non-hydrogen) atoms. The number of carboxylic acid groups (broad SMARTS) is 1. The molecule has 1 saturated heterocycles. The van der Waals surface area contributed by atoms with Crippen molar-refractivity contribution in [1.82, 2.24) is 35.7 Å². The Balaban J connectivity index is 1.40. The van der Waals surface area contributed by atoms with Crippen LogP contribution in [0.5, 0.6) is 5.75 Å². The summed E-state index contributed by atoms with van der Waals surface area (Å²) < 4.78 is 11.2. The van der Waals surface area contributed by atoms with Crippen molar-refractivity contribution in [2.45, 2.75) is 115 Å². The number of unbranched alkanes of at least 4 members (excludes halogenated alkanes) is 1. The van der Waals surface area contributed by atoms with E-state index >= 15 is 0 Å². The summed E-state index contributed by atoms with van der Waals surface area (Å²) >= 11 is 0. The normalized spacial score (nSPS) is 26.4. The molecule has 2 aliphatic heterocycles. The van der Waals surface area contributed by atoms with Crippen LogP contribution in [0.3, 0.4) is 0 Å². The molecule has 0 bridgehead atoms. The lowest BCUT2D eigenvalue weighted by Gasteiger charge is -2.30. The second-order valence-electron chi connectivity index (χ2n) is 13.9. The average molecular weight is 666 g/mol. The summed E-state index contributed by atoms with van der Waals surface area (Å²) in [4.78, 5) is 56.1. The van der Waals surface area contributed by atoms with E-state index in [0.717, 1.165) is 43.4 Å². The lowest BCUT2D eigenvalue weighted by atomic mass is 10.0. The fourth-order valence-corrected chi connectivity index (χ4v) is 6.22. The first kappa shape index (κ1) is 34.8. The minimum Gasteiger partial charge on any atom is -0.494 e. The van der Waals surface area contributed by atoms with E-state index in [1.165, 1.54) is 9.70 Å². The summed E-state index contributed by atoms with van der Waals surface area (Å²) in [5.41, 5.74) is -1.48. The molecule has 3 heterocycles. The van der Waals surface area contributed by atoms with Gasteiger partial charge in [0.25, 0.3) is 0 Å². The molecule has 260 valence electrons. The second-order valence-corrected chi connectivity index (χ2v) is 13.9. The van der Waals surface area contributed by atoms with Crippen molar-refractivity contribution in [1.29, 1.82) is 0 Å². The van der Waals surface area contributed by atoms with Gasteiger partial charge in [0.1, 0.15) is 29.0 Å². The smallest absolute Gasteiger partial charge is 0.408 e. The number of carbonyl (C=O) groups excluding carboxylic acids is 3. The van der Waals surface area contributed by atoms with Gasteiger partial charge in [-0.15, -0.1) is 10.2 Å². The molecule has 5 rings (SSSR count). The molecule has 3 N–H and O–H groups in total. The maximum absolute atomic E-state index is 14.2. The van der Waals surface area contributed by atoms with Gasteiger partial charge in [0.05, 0.1) is 12.6 Å². The quantitative estimate of drug-likeness (QED) is 0.275. The number of nitrogens with zero attached hydrogens (tertiary/aromatic N) is 5. The Labute approximate surface area is 280 Å². The number of ether oxygens (including phenoxy) is 2. The van der Waals surface area contributed by atoms with Crippen molar-refractivity contribution in [3.05, 3.63) is 36.4 Å². The molecule has 3 amide bonds. The van der Waals surface area contributed by atoms with Crippen LogP contribution in [0.25, 0.3) is 11.4 Å². The van der Waals surface area contributed by atoms with Crippen molar-refractivity contribution < 1.29 is 33.8 Å². The van der Waals surface area contributed by atoms with Crippen molar-refractivity contribution >= 4 is 23.9 Å². The van der Waals surface area contributed by atoms with Crippen LogP contribution in [0.1, 0.15) is 91.5 Å². The molecule has 2 aromatic rings. The van der Waals surface area contributed by atoms with Gasteiger partial charge >= 0.3 is 12.1 Å². The predicted octanol–water partition coefficient (Wildman–Crippen LogP) is 4.03. The highest BCUT2D eigenvalue weighted by molar-refractivity contribution is 5.96. The Bertz CT molecular complexity index is 1500. The molecular weight excluding hydrogens is 618 g/mol. The SMILES string of the molecule is CCCCOc1ccc(-c2nnn([C@@H]3C[C@H]4C(=O)N[C@]5(C(=O)O)C[C@H]5C=CCCCCC[C@H](NC(=O)OC(C)(C)C)C(=O)N4C3)n2)cc1. The zero-order valence-corrected chi connectivity index (χ0v) is 28.2. The standard InChI is InChI=1S/C34H47N7O7/c1-5-6-18-47-25-16-14-22(15-17-25)28-37-39-41(38-28)24-19-27-29(42)36-34(31(44)45)20-23(34)12-10-8-7-9-11-13-26(30(43)40(27)21-24)35-32(46)48-33(2,3)4/h10,12,14-17,23-24,26-27H,5-9,11,13,18-21H2,1-4H3,(H,35,46)(H,36,42)(H,44,45)/t23-,24-,26+,27+,34-/m1/s1. The Morgan fingerprint density at radius 2 is 1.92 bits per heavy atom. The summed E-state index contributed by atoms with van der Waals surface area (Å²) in [6.07, 6.45) is 8.91. The van der Waals surface area contributed by atoms with E-state index in [1.54, 1.807) is 20.8 Å². The molecule has 14 nitrogen and oxygen atoms in total. The number of allylic oxidation sites excluding steroid dienone is 1.